The number of aliphatic hydroxyl groups excluding tert-OH is 1. The van der Waals surface area contributed by atoms with Crippen LogP contribution >= 0.6 is 0 Å². The molecular weight excluding hydrogens is 424 g/mol. The van der Waals surface area contributed by atoms with Gasteiger partial charge in [-0.15, -0.1) is 0 Å². The number of halogens is 4. The lowest BCUT2D eigenvalue weighted by Gasteiger charge is -2.40. The zero-order valence-electron chi connectivity index (χ0n) is 16.9. The maximum atomic E-state index is 13.1. The Kier molecular flexibility index (Phi) is 5.73. The third-order valence-electron chi connectivity index (χ3n) is 5.94. The van der Waals surface area contributed by atoms with Gasteiger partial charge in [-0.1, -0.05) is 30.7 Å². The molecule has 0 unspecified atom stereocenters. The van der Waals surface area contributed by atoms with Crippen LogP contribution < -0.4 is 5.32 Å². The molecule has 3 aromatic rings. The molecule has 0 saturated heterocycles. The molecule has 0 bridgehead atoms. The van der Waals surface area contributed by atoms with E-state index in [4.69, 9.17) is 0 Å². The van der Waals surface area contributed by atoms with Gasteiger partial charge in [0, 0.05) is 17.4 Å². The number of benzene rings is 2. The Morgan fingerprint density at radius 1 is 1.06 bits per heavy atom. The number of carbonyl (C=O) groups excluding carboxylic acids is 1. The van der Waals surface area contributed by atoms with Crippen LogP contribution in [-0.4, -0.2) is 16.0 Å². The van der Waals surface area contributed by atoms with Crippen molar-refractivity contribution in [3.63, 3.8) is 0 Å². The molecule has 0 radical (unpaired) electrons. The first-order valence-electron chi connectivity index (χ1n) is 10.1. The van der Waals surface area contributed by atoms with E-state index in [1.54, 1.807) is 24.3 Å². The van der Waals surface area contributed by atoms with Crippen LogP contribution in [0.2, 0.25) is 0 Å². The van der Waals surface area contributed by atoms with Gasteiger partial charge in [-0.3, -0.25) is 9.78 Å². The van der Waals surface area contributed by atoms with Crippen LogP contribution in [0.15, 0.2) is 60.8 Å². The third kappa shape index (κ3) is 4.10. The van der Waals surface area contributed by atoms with Gasteiger partial charge in [-0.05, 0) is 59.9 Å². The fourth-order valence-electron chi connectivity index (χ4n) is 3.97. The van der Waals surface area contributed by atoms with Gasteiger partial charge in [0.15, 0.2) is 0 Å². The van der Waals surface area contributed by atoms with E-state index in [0.29, 0.717) is 29.7 Å². The standard InChI is InChI=1S/C24H20F4N2O2/c25-18-6-8-19(9-7-18)30-22(32)23(10-1-11-23)17-4-2-15(3-5-17)20-13-29-21(24(26,27)28)12-16(20)14-31/h2-9,12-13,31H,1,10-11,14H2,(H,30,32). The molecule has 166 valence electrons. The first kappa shape index (κ1) is 22.0. The van der Waals surface area contributed by atoms with E-state index in [0.717, 1.165) is 24.2 Å². The molecule has 1 aliphatic carbocycles. The monoisotopic (exact) mass is 444 g/mol. The maximum Gasteiger partial charge on any atom is 0.433 e. The van der Waals surface area contributed by atoms with Crippen molar-refractivity contribution in [2.24, 2.45) is 0 Å². The highest BCUT2D eigenvalue weighted by Crippen LogP contribution is 2.45. The van der Waals surface area contributed by atoms with Crippen molar-refractivity contribution in [2.45, 2.75) is 37.5 Å². The van der Waals surface area contributed by atoms with Gasteiger partial charge in [-0.25, -0.2) is 4.39 Å². The van der Waals surface area contributed by atoms with E-state index in [9.17, 15) is 27.5 Å². The number of pyridine rings is 1. The van der Waals surface area contributed by atoms with Gasteiger partial charge in [0.05, 0.1) is 12.0 Å². The third-order valence-corrected chi connectivity index (χ3v) is 5.94. The van der Waals surface area contributed by atoms with E-state index in [1.807, 2.05) is 0 Å². The summed E-state index contributed by atoms with van der Waals surface area (Å²) in [4.78, 5) is 16.5. The molecule has 0 aliphatic heterocycles. The van der Waals surface area contributed by atoms with Gasteiger partial charge in [0.2, 0.25) is 5.91 Å². The molecule has 4 rings (SSSR count). The number of rotatable bonds is 5. The minimum Gasteiger partial charge on any atom is -0.392 e. The predicted octanol–water partition coefficient (Wildman–Crippen LogP) is 5.46. The maximum absolute atomic E-state index is 13.1. The Labute approximate surface area is 181 Å². The minimum absolute atomic E-state index is 0.118. The second-order valence-electron chi connectivity index (χ2n) is 7.86. The second-order valence-corrected chi connectivity index (χ2v) is 7.86. The van der Waals surface area contributed by atoms with Crippen LogP contribution in [0, 0.1) is 5.82 Å². The van der Waals surface area contributed by atoms with Crippen LogP contribution in [-0.2, 0) is 23.0 Å². The summed E-state index contributed by atoms with van der Waals surface area (Å²) in [5, 5.41) is 12.4. The average Bonchev–Trinajstić information content (AvgIpc) is 2.74. The second kappa shape index (κ2) is 8.35. The zero-order valence-corrected chi connectivity index (χ0v) is 16.9. The molecule has 1 aromatic heterocycles. The van der Waals surface area contributed by atoms with Gasteiger partial charge >= 0.3 is 6.18 Å². The fraction of sp³-hybridized carbons (Fsp3) is 0.250. The molecule has 1 aliphatic rings. The van der Waals surface area contributed by atoms with Crippen LogP contribution in [0.4, 0.5) is 23.2 Å². The molecule has 1 amide bonds. The molecule has 2 aromatic carbocycles. The molecule has 0 atom stereocenters. The predicted molar refractivity (Wildman–Crippen MR) is 111 cm³/mol. The highest BCUT2D eigenvalue weighted by atomic mass is 19.4. The Bertz CT molecular complexity index is 1120. The van der Waals surface area contributed by atoms with Crippen molar-refractivity contribution in [3.05, 3.63) is 83.4 Å². The summed E-state index contributed by atoms with van der Waals surface area (Å²) in [6, 6.07) is 13.4. The first-order chi connectivity index (χ1) is 15.2. The molecule has 1 fully saturated rings. The van der Waals surface area contributed by atoms with Crippen molar-refractivity contribution >= 4 is 11.6 Å². The summed E-state index contributed by atoms with van der Waals surface area (Å²) in [6.45, 7) is -0.563. The summed E-state index contributed by atoms with van der Waals surface area (Å²) >= 11 is 0. The first-order valence-corrected chi connectivity index (χ1v) is 10.1. The molecule has 8 heteroatoms. The van der Waals surface area contributed by atoms with Crippen molar-refractivity contribution < 1.29 is 27.5 Å². The lowest BCUT2D eigenvalue weighted by Crippen LogP contribution is -2.46. The Hall–Kier alpha value is -3.26. The van der Waals surface area contributed by atoms with Crippen LogP contribution in [0.3, 0.4) is 0 Å². The van der Waals surface area contributed by atoms with E-state index in [2.05, 4.69) is 10.3 Å². The number of hydrogen-bond donors (Lipinski definition) is 2. The molecule has 1 saturated carbocycles. The summed E-state index contributed by atoms with van der Waals surface area (Å²) in [7, 11) is 0. The Balaban J connectivity index is 1.60. The number of amides is 1. The van der Waals surface area contributed by atoms with Crippen molar-refractivity contribution in [1.82, 2.24) is 4.98 Å². The lowest BCUT2D eigenvalue weighted by atomic mass is 9.63. The number of anilines is 1. The lowest BCUT2D eigenvalue weighted by molar-refractivity contribution is -0.141. The smallest absolute Gasteiger partial charge is 0.392 e. The molecular formula is C24H20F4N2O2. The van der Waals surface area contributed by atoms with Crippen molar-refractivity contribution in [2.75, 3.05) is 5.32 Å². The van der Waals surface area contributed by atoms with Crippen LogP contribution in [0.5, 0.6) is 0 Å². The highest BCUT2D eigenvalue weighted by molar-refractivity contribution is 6.00. The topological polar surface area (TPSA) is 62.2 Å². The van der Waals surface area contributed by atoms with Crippen molar-refractivity contribution in [3.8, 4) is 11.1 Å². The number of hydrogen-bond acceptors (Lipinski definition) is 3. The summed E-state index contributed by atoms with van der Waals surface area (Å²) in [5.41, 5.74) is 0.615. The van der Waals surface area contributed by atoms with Crippen LogP contribution in [0.25, 0.3) is 11.1 Å². The molecule has 0 spiro atoms. The van der Waals surface area contributed by atoms with E-state index in [1.165, 1.54) is 24.3 Å². The number of aliphatic hydroxyl groups is 1. The van der Waals surface area contributed by atoms with E-state index in [-0.39, 0.29) is 11.5 Å². The summed E-state index contributed by atoms with van der Waals surface area (Å²) < 4.78 is 51.9. The highest BCUT2D eigenvalue weighted by Gasteiger charge is 2.45. The Morgan fingerprint density at radius 3 is 2.25 bits per heavy atom. The molecule has 32 heavy (non-hydrogen) atoms. The molecule has 2 N–H and O–H groups in total. The summed E-state index contributed by atoms with van der Waals surface area (Å²) in [5.74, 6) is -0.577. The Morgan fingerprint density at radius 2 is 1.72 bits per heavy atom. The van der Waals surface area contributed by atoms with Gasteiger partial charge in [0.25, 0.3) is 0 Å². The van der Waals surface area contributed by atoms with Crippen LogP contribution in [0.1, 0.15) is 36.1 Å². The number of carbonyl (C=O) groups is 1. The van der Waals surface area contributed by atoms with E-state index < -0.39 is 29.7 Å². The van der Waals surface area contributed by atoms with Crippen molar-refractivity contribution in [1.29, 1.82) is 0 Å². The van der Waals surface area contributed by atoms with Gasteiger partial charge in [-0.2, -0.15) is 13.2 Å². The number of nitrogens with zero attached hydrogens (tertiary/aromatic N) is 1. The minimum atomic E-state index is -4.60. The molecule has 1 heterocycles. The normalized spacial score (nSPS) is 15.2. The summed E-state index contributed by atoms with van der Waals surface area (Å²) in [6.07, 6.45) is -1.30. The number of nitrogens with one attached hydrogen (secondary N) is 1. The zero-order chi connectivity index (χ0) is 22.9. The molecule has 4 nitrogen and oxygen atoms in total. The van der Waals surface area contributed by atoms with Gasteiger partial charge in [0.1, 0.15) is 11.5 Å². The largest absolute Gasteiger partial charge is 0.433 e. The van der Waals surface area contributed by atoms with Gasteiger partial charge < -0.3 is 10.4 Å². The van der Waals surface area contributed by atoms with E-state index >= 15 is 0 Å². The SMILES string of the molecule is O=C(Nc1ccc(F)cc1)C1(c2ccc(-c3cnc(C(F)(F)F)cc3CO)cc2)CCC1. The number of aromatic nitrogens is 1. The fourth-order valence-corrected chi connectivity index (χ4v) is 3.97. The number of alkyl halides is 3. The quantitative estimate of drug-likeness (QED) is 0.514. The average molecular weight is 444 g/mol.